The summed E-state index contributed by atoms with van der Waals surface area (Å²) < 4.78 is 1.82. The summed E-state index contributed by atoms with van der Waals surface area (Å²) in [6.07, 6.45) is 3.78. The molecule has 5 nitrogen and oxygen atoms in total. The van der Waals surface area contributed by atoms with E-state index in [1.54, 1.807) is 0 Å². The number of carbonyl (C=O) groups is 1. The fourth-order valence-corrected chi connectivity index (χ4v) is 2.81. The molecule has 0 fully saturated rings. The van der Waals surface area contributed by atoms with Crippen molar-refractivity contribution in [3.05, 3.63) is 84.2 Å². The molecule has 24 heavy (non-hydrogen) atoms. The van der Waals surface area contributed by atoms with Crippen molar-refractivity contribution >= 4 is 5.91 Å². The number of para-hydroxylation sites is 1. The molecule has 122 valence electrons. The van der Waals surface area contributed by atoms with E-state index >= 15 is 0 Å². The second-order valence-electron chi connectivity index (χ2n) is 5.76. The monoisotopic (exact) mass is 320 g/mol. The molecular formula is C19H20N4O. The molecule has 1 unspecified atom stereocenters. The molecular weight excluding hydrogens is 300 g/mol. The van der Waals surface area contributed by atoms with E-state index in [-0.39, 0.29) is 5.91 Å². The molecule has 1 aromatic heterocycles. The Hall–Kier alpha value is -2.92. The van der Waals surface area contributed by atoms with Crippen LogP contribution in [0.3, 0.4) is 0 Å². The van der Waals surface area contributed by atoms with E-state index in [0.717, 1.165) is 16.8 Å². The number of amides is 1. The maximum Gasteiger partial charge on any atom is 0.239 e. The molecule has 0 aliphatic carbocycles. The minimum atomic E-state index is -0.466. The third-order valence-electron chi connectivity index (χ3n) is 3.91. The van der Waals surface area contributed by atoms with Crippen molar-refractivity contribution < 1.29 is 4.79 Å². The molecule has 1 amide bonds. The zero-order chi connectivity index (χ0) is 16.9. The molecule has 0 bridgehead atoms. The standard InChI is InChI=1S/C19H20N4O/c1-22(18(19(20)24)16-8-4-2-5-9-16)13-15-12-21-23(14-15)17-10-6-3-7-11-17/h2-12,14,18H,13H2,1H3,(H2,20,24). The fraction of sp³-hybridized carbons (Fsp3) is 0.158. The van der Waals surface area contributed by atoms with E-state index in [4.69, 9.17) is 5.73 Å². The van der Waals surface area contributed by atoms with E-state index in [9.17, 15) is 4.79 Å². The van der Waals surface area contributed by atoms with Crippen LogP contribution >= 0.6 is 0 Å². The van der Waals surface area contributed by atoms with Crippen LogP contribution in [0.2, 0.25) is 0 Å². The zero-order valence-corrected chi connectivity index (χ0v) is 13.5. The summed E-state index contributed by atoms with van der Waals surface area (Å²) in [6, 6.07) is 19.0. The van der Waals surface area contributed by atoms with Gasteiger partial charge in [-0.05, 0) is 24.7 Å². The van der Waals surface area contributed by atoms with Crippen molar-refractivity contribution in [2.45, 2.75) is 12.6 Å². The Kier molecular flexibility index (Phi) is 4.72. The maximum absolute atomic E-state index is 11.9. The predicted octanol–water partition coefficient (Wildman–Crippen LogP) is 2.53. The van der Waals surface area contributed by atoms with Gasteiger partial charge in [-0.15, -0.1) is 0 Å². The second-order valence-corrected chi connectivity index (χ2v) is 5.76. The van der Waals surface area contributed by atoms with Crippen LogP contribution in [0.5, 0.6) is 0 Å². The van der Waals surface area contributed by atoms with Gasteiger partial charge in [0, 0.05) is 18.3 Å². The van der Waals surface area contributed by atoms with Crippen LogP contribution < -0.4 is 5.73 Å². The first kappa shape index (κ1) is 16.0. The molecule has 2 N–H and O–H groups in total. The van der Waals surface area contributed by atoms with Gasteiger partial charge in [0.2, 0.25) is 5.91 Å². The summed E-state index contributed by atoms with van der Waals surface area (Å²) in [6.45, 7) is 0.579. The Balaban J connectivity index is 1.77. The molecule has 1 heterocycles. The van der Waals surface area contributed by atoms with Crippen LogP contribution in [0.25, 0.3) is 5.69 Å². The number of nitrogens with two attached hydrogens (primary N) is 1. The first-order valence-electron chi connectivity index (χ1n) is 7.78. The largest absolute Gasteiger partial charge is 0.368 e. The van der Waals surface area contributed by atoms with Crippen molar-refractivity contribution in [1.82, 2.24) is 14.7 Å². The molecule has 3 rings (SSSR count). The smallest absolute Gasteiger partial charge is 0.239 e. The number of hydrogen-bond acceptors (Lipinski definition) is 3. The number of hydrogen-bond donors (Lipinski definition) is 1. The normalized spacial score (nSPS) is 12.2. The lowest BCUT2D eigenvalue weighted by Crippen LogP contribution is -2.34. The highest BCUT2D eigenvalue weighted by Gasteiger charge is 2.23. The minimum absolute atomic E-state index is 0.362. The topological polar surface area (TPSA) is 64.2 Å². The van der Waals surface area contributed by atoms with Gasteiger partial charge in [0.1, 0.15) is 6.04 Å². The molecule has 2 aromatic carbocycles. The van der Waals surface area contributed by atoms with Crippen LogP contribution in [0.1, 0.15) is 17.2 Å². The van der Waals surface area contributed by atoms with Gasteiger partial charge < -0.3 is 5.73 Å². The Morgan fingerprint density at radius 1 is 1.12 bits per heavy atom. The van der Waals surface area contributed by atoms with Crippen molar-refractivity contribution in [2.75, 3.05) is 7.05 Å². The van der Waals surface area contributed by atoms with Crippen LogP contribution in [0.15, 0.2) is 73.1 Å². The van der Waals surface area contributed by atoms with Crippen LogP contribution in [0, 0.1) is 0 Å². The summed E-state index contributed by atoms with van der Waals surface area (Å²) in [7, 11) is 1.89. The predicted molar refractivity (Wildman–Crippen MR) is 93.4 cm³/mol. The van der Waals surface area contributed by atoms with E-state index in [1.165, 1.54) is 0 Å². The zero-order valence-electron chi connectivity index (χ0n) is 13.5. The number of rotatable bonds is 6. The lowest BCUT2D eigenvalue weighted by Gasteiger charge is -2.25. The highest BCUT2D eigenvalue weighted by atomic mass is 16.1. The molecule has 0 spiro atoms. The Bertz CT molecular complexity index is 799. The Morgan fingerprint density at radius 3 is 2.38 bits per heavy atom. The molecule has 0 aliphatic heterocycles. The number of aromatic nitrogens is 2. The SMILES string of the molecule is CN(Cc1cnn(-c2ccccc2)c1)C(C(N)=O)c1ccccc1. The molecule has 0 saturated heterocycles. The van der Waals surface area contributed by atoms with Gasteiger partial charge in [-0.2, -0.15) is 5.10 Å². The van der Waals surface area contributed by atoms with Crippen molar-refractivity contribution in [3.8, 4) is 5.69 Å². The lowest BCUT2D eigenvalue weighted by atomic mass is 10.0. The molecule has 1 atom stereocenters. The number of carbonyl (C=O) groups excluding carboxylic acids is 1. The van der Waals surface area contributed by atoms with Crippen molar-refractivity contribution in [3.63, 3.8) is 0 Å². The number of primary amides is 1. The van der Waals surface area contributed by atoms with E-state index < -0.39 is 6.04 Å². The summed E-state index contributed by atoms with van der Waals surface area (Å²) in [4.78, 5) is 13.9. The summed E-state index contributed by atoms with van der Waals surface area (Å²) in [5.74, 6) is -0.362. The van der Waals surface area contributed by atoms with Gasteiger partial charge in [-0.3, -0.25) is 9.69 Å². The quantitative estimate of drug-likeness (QED) is 0.759. The van der Waals surface area contributed by atoms with Gasteiger partial charge in [-0.1, -0.05) is 48.5 Å². The first-order chi connectivity index (χ1) is 11.6. The van der Waals surface area contributed by atoms with E-state index in [1.807, 2.05) is 89.7 Å². The maximum atomic E-state index is 11.9. The summed E-state index contributed by atoms with van der Waals surface area (Å²) in [5.41, 5.74) is 8.53. The van der Waals surface area contributed by atoms with Gasteiger partial charge in [-0.25, -0.2) is 4.68 Å². The molecule has 0 saturated carbocycles. The van der Waals surface area contributed by atoms with Crippen LogP contribution in [-0.2, 0) is 11.3 Å². The van der Waals surface area contributed by atoms with Crippen molar-refractivity contribution in [1.29, 1.82) is 0 Å². The average Bonchev–Trinajstić information content (AvgIpc) is 3.05. The summed E-state index contributed by atoms with van der Waals surface area (Å²) in [5, 5.41) is 4.39. The Morgan fingerprint density at radius 2 is 1.75 bits per heavy atom. The molecule has 0 radical (unpaired) electrons. The van der Waals surface area contributed by atoms with Crippen molar-refractivity contribution in [2.24, 2.45) is 5.73 Å². The van der Waals surface area contributed by atoms with E-state index in [2.05, 4.69) is 5.10 Å². The Labute approximate surface area is 141 Å². The highest BCUT2D eigenvalue weighted by molar-refractivity contribution is 5.81. The third-order valence-corrected chi connectivity index (χ3v) is 3.91. The first-order valence-corrected chi connectivity index (χ1v) is 7.78. The average molecular weight is 320 g/mol. The fourth-order valence-electron chi connectivity index (χ4n) is 2.81. The molecule has 0 aliphatic rings. The lowest BCUT2D eigenvalue weighted by molar-refractivity contribution is -0.123. The van der Waals surface area contributed by atoms with Gasteiger partial charge in [0.15, 0.2) is 0 Å². The van der Waals surface area contributed by atoms with Gasteiger partial charge in [0.25, 0.3) is 0 Å². The number of benzene rings is 2. The number of nitrogens with zero attached hydrogens (tertiary/aromatic N) is 3. The summed E-state index contributed by atoms with van der Waals surface area (Å²) >= 11 is 0. The molecule has 3 aromatic rings. The van der Waals surface area contributed by atoms with Gasteiger partial charge >= 0.3 is 0 Å². The molecule has 5 heteroatoms. The third kappa shape index (κ3) is 3.52. The van der Waals surface area contributed by atoms with Gasteiger partial charge in [0.05, 0.1) is 11.9 Å². The highest BCUT2D eigenvalue weighted by Crippen LogP contribution is 2.21. The van der Waals surface area contributed by atoms with Crippen LogP contribution in [0.4, 0.5) is 0 Å². The van der Waals surface area contributed by atoms with E-state index in [0.29, 0.717) is 6.54 Å². The second kappa shape index (κ2) is 7.10. The van der Waals surface area contributed by atoms with Crippen LogP contribution in [-0.4, -0.2) is 27.6 Å². The number of likely N-dealkylation sites (N-methyl/N-ethyl adjacent to an activating group) is 1. The minimum Gasteiger partial charge on any atom is -0.368 e.